The number of rotatable bonds is 7. The zero-order chi connectivity index (χ0) is 22.4. The van der Waals surface area contributed by atoms with Gasteiger partial charge in [-0.15, -0.1) is 0 Å². The van der Waals surface area contributed by atoms with Gasteiger partial charge < -0.3 is 15.4 Å². The van der Waals surface area contributed by atoms with E-state index in [0.29, 0.717) is 17.0 Å². The van der Waals surface area contributed by atoms with Crippen molar-refractivity contribution in [1.82, 2.24) is 0 Å². The zero-order valence-electron chi connectivity index (χ0n) is 18.4. The molecule has 0 aromatic heterocycles. The maximum Gasteiger partial charge on any atom is 0.262 e. The summed E-state index contributed by atoms with van der Waals surface area (Å²) in [6, 6.07) is 18.7. The van der Waals surface area contributed by atoms with Crippen molar-refractivity contribution in [3.8, 4) is 5.75 Å². The highest BCUT2D eigenvalue weighted by Gasteiger charge is 2.16. The fraction of sp³-hybridized carbons (Fsp3) is 0.231. The van der Waals surface area contributed by atoms with Gasteiger partial charge >= 0.3 is 0 Å². The van der Waals surface area contributed by atoms with Gasteiger partial charge in [0.05, 0.1) is 5.56 Å². The highest BCUT2D eigenvalue weighted by Crippen LogP contribution is 2.25. The molecule has 0 spiro atoms. The van der Waals surface area contributed by atoms with Crippen molar-refractivity contribution in [2.75, 3.05) is 17.2 Å². The third-order valence-electron chi connectivity index (χ3n) is 5.05. The van der Waals surface area contributed by atoms with E-state index in [0.717, 1.165) is 28.8 Å². The molecule has 0 bridgehead atoms. The number of aryl methyl sites for hydroxylation is 4. The van der Waals surface area contributed by atoms with Crippen LogP contribution in [0.1, 0.15) is 39.5 Å². The van der Waals surface area contributed by atoms with Crippen molar-refractivity contribution in [2.24, 2.45) is 0 Å². The lowest BCUT2D eigenvalue weighted by Gasteiger charge is -2.15. The standard InChI is InChI=1S/C26H28N2O3/c1-5-20-10-12-21(13-11-20)27-24(29)16-31-23-9-7-6-8-22(23)26(30)28-25-18(3)14-17(2)15-19(25)4/h6-15H,5,16H2,1-4H3,(H,27,29)(H,28,30). The Morgan fingerprint density at radius 3 is 2.16 bits per heavy atom. The van der Waals surface area contributed by atoms with Crippen molar-refractivity contribution >= 4 is 23.2 Å². The van der Waals surface area contributed by atoms with Crippen LogP contribution in [0.4, 0.5) is 11.4 Å². The molecule has 0 heterocycles. The number of benzene rings is 3. The Kier molecular flexibility index (Phi) is 7.08. The summed E-state index contributed by atoms with van der Waals surface area (Å²) in [6.07, 6.45) is 0.942. The second kappa shape index (κ2) is 9.94. The number of amides is 2. The van der Waals surface area contributed by atoms with Crippen LogP contribution in [-0.2, 0) is 11.2 Å². The number of ether oxygens (including phenoxy) is 1. The van der Waals surface area contributed by atoms with Gasteiger partial charge in [-0.05, 0) is 68.1 Å². The van der Waals surface area contributed by atoms with E-state index in [9.17, 15) is 9.59 Å². The molecule has 0 atom stereocenters. The Morgan fingerprint density at radius 2 is 1.52 bits per heavy atom. The average Bonchev–Trinajstić information content (AvgIpc) is 2.75. The highest BCUT2D eigenvalue weighted by molar-refractivity contribution is 6.07. The van der Waals surface area contributed by atoms with E-state index >= 15 is 0 Å². The second-order valence-electron chi connectivity index (χ2n) is 7.61. The van der Waals surface area contributed by atoms with Gasteiger partial charge in [-0.2, -0.15) is 0 Å². The number of nitrogens with one attached hydrogen (secondary N) is 2. The van der Waals surface area contributed by atoms with Gasteiger partial charge in [0.25, 0.3) is 11.8 Å². The molecule has 3 aromatic rings. The summed E-state index contributed by atoms with van der Waals surface area (Å²) in [4.78, 5) is 25.2. The number of anilines is 2. The SMILES string of the molecule is CCc1ccc(NC(=O)COc2ccccc2C(=O)Nc2c(C)cc(C)cc2C)cc1. The van der Waals surface area contributed by atoms with Crippen LogP contribution >= 0.6 is 0 Å². The van der Waals surface area contributed by atoms with Gasteiger partial charge in [0.1, 0.15) is 5.75 Å². The summed E-state index contributed by atoms with van der Waals surface area (Å²) < 4.78 is 5.68. The predicted molar refractivity (Wildman–Crippen MR) is 125 cm³/mol. The molecule has 0 unspecified atom stereocenters. The molecule has 0 aliphatic rings. The summed E-state index contributed by atoms with van der Waals surface area (Å²) in [7, 11) is 0. The van der Waals surface area contributed by atoms with Gasteiger partial charge in [0.2, 0.25) is 0 Å². The van der Waals surface area contributed by atoms with Crippen LogP contribution in [0.25, 0.3) is 0 Å². The Balaban J connectivity index is 1.67. The van der Waals surface area contributed by atoms with Gasteiger partial charge in [-0.1, -0.05) is 48.9 Å². The van der Waals surface area contributed by atoms with Crippen molar-refractivity contribution in [2.45, 2.75) is 34.1 Å². The lowest BCUT2D eigenvalue weighted by Crippen LogP contribution is -2.21. The van der Waals surface area contributed by atoms with Gasteiger partial charge in [-0.3, -0.25) is 9.59 Å². The molecular formula is C26H28N2O3. The molecule has 2 amide bonds. The first-order valence-electron chi connectivity index (χ1n) is 10.4. The third kappa shape index (κ3) is 5.72. The molecule has 3 rings (SSSR count). The van der Waals surface area contributed by atoms with Gasteiger partial charge in [0, 0.05) is 11.4 Å². The monoisotopic (exact) mass is 416 g/mol. The van der Waals surface area contributed by atoms with Crippen LogP contribution in [0.15, 0.2) is 60.7 Å². The topological polar surface area (TPSA) is 67.4 Å². The van der Waals surface area contributed by atoms with E-state index in [4.69, 9.17) is 4.74 Å². The fourth-order valence-corrected chi connectivity index (χ4v) is 3.50. The van der Waals surface area contributed by atoms with E-state index in [2.05, 4.69) is 17.6 Å². The summed E-state index contributed by atoms with van der Waals surface area (Å²) in [5, 5.41) is 5.79. The van der Waals surface area contributed by atoms with Crippen LogP contribution in [0.3, 0.4) is 0 Å². The lowest BCUT2D eigenvalue weighted by molar-refractivity contribution is -0.118. The lowest BCUT2D eigenvalue weighted by atomic mass is 10.0. The van der Waals surface area contributed by atoms with Crippen molar-refractivity contribution in [1.29, 1.82) is 0 Å². The predicted octanol–water partition coefficient (Wildman–Crippen LogP) is 5.44. The Morgan fingerprint density at radius 1 is 0.871 bits per heavy atom. The average molecular weight is 417 g/mol. The van der Waals surface area contributed by atoms with E-state index in [-0.39, 0.29) is 18.4 Å². The Labute approximate surface area is 183 Å². The molecule has 5 nitrogen and oxygen atoms in total. The molecule has 5 heteroatoms. The van der Waals surface area contributed by atoms with Crippen LogP contribution in [0, 0.1) is 20.8 Å². The largest absolute Gasteiger partial charge is 0.483 e. The number of hydrogen-bond acceptors (Lipinski definition) is 3. The molecule has 0 aliphatic heterocycles. The van der Waals surface area contributed by atoms with Crippen molar-refractivity contribution < 1.29 is 14.3 Å². The van der Waals surface area contributed by atoms with Crippen LogP contribution in [-0.4, -0.2) is 18.4 Å². The van der Waals surface area contributed by atoms with Crippen LogP contribution < -0.4 is 15.4 Å². The van der Waals surface area contributed by atoms with Crippen molar-refractivity contribution in [3.63, 3.8) is 0 Å². The quantitative estimate of drug-likeness (QED) is 0.539. The van der Waals surface area contributed by atoms with E-state index in [1.165, 1.54) is 5.56 Å². The Bertz CT molecular complexity index is 1070. The minimum absolute atomic E-state index is 0.192. The number of para-hydroxylation sites is 1. The summed E-state index contributed by atoms with van der Waals surface area (Å²) in [5.41, 5.74) is 6.22. The smallest absolute Gasteiger partial charge is 0.262 e. The molecule has 3 aromatic carbocycles. The summed E-state index contributed by atoms with van der Waals surface area (Å²) in [6.45, 7) is 7.85. The molecule has 0 fully saturated rings. The molecule has 160 valence electrons. The number of carbonyl (C=O) groups excluding carboxylic acids is 2. The van der Waals surface area contributed by atoms with Gasteiger partial charge in [0.15, 0.2) is 6.61 Å². The van der Waals surface area contributed by atoms with E-state index in [1.54, 1.807) is 24.3 Å². The third-order valence-corrected chi connectivity index (χ3v) is 5.05. The number of hydrogen-bond donors (Lipinski definition) is 2. The first kappa shape index (κ1) is 22.1. The van der Waals surface area contributed by atoms with Crippen molar-refractivity contribution in [3.05, 3.63) is 88.5 Å². The summed E-state index contributed by atoms with van der Waals surface area (Å²) in [5.74, 6) is -0.204. The maximum absolute atomic E-state index is 12.9. The molecular weight excluding hydrogens is 388 g/mol. The highest BCUT2D eigenvalue weighted by atomic mass is 16.5. The molecule has 0 saturated carbocycles. The minimum Gasteiger partial charge on any atom is -0.483 e. The molecule has 2 N–H and O–H groups in total. The molecule has 0 saturated heterocycles. The summed E-state index contributed by atoms with van der Waals surface area (Å²) >= 11 is 0. The fourth-order valence-electron chi connectivity index (χ4n) is 3.50. The normalized spacial score (nSPS) is 10.5. The van der Waals surface area contributed by atoms with Gasteiger partial charge in [-0.25, -0.2) is 0 Å². The number of carbonyl (C=O) groups is 2. The van der Waals surface area contributed by atoms with E-state index < -0.39 is 0 Å². The van der Waals surface area contributed by atoms with Crippen LogP contribution in [0.5, 0.6) is 5.75 Å². The van der Waals surface area contributed by atoms with Crippen LogP contribution in [0.2, 0.25) is 0 Å². The maximum atomic E-state index is 12.9. The zero-order valence-corrected chi connectivity index (χ0v) is 18.4. The minimum atomic E-state index is -0.287. The van der Waals surface area contributed by atoms with E-state index in [1.807, 2.05) is 57.2 Å². The second-order valence-corrected chi connectivity index (χ2v) is 7.61. The first-order chi connectivity index (χ1) is 14.9. The molecule has 0 radical (unpaired) electrons. The molecule has 0 aliphatic carbocycles. The Hall–Kier alpha value is -3.60. The first-order valence-corrected chi connectivity index (χ1v) is 10.4. The molecule has 31 heavy (non-hydrogen) atoms.